The number of halogens is 1. The van der Waals surface area contributed by atoms with Gasteiger partial charge in [-0.2, -0.15) is 0 Å². The molecule has 1 aliphatic heterocycles. The van der Waals surface area contributed by atoms with E-state index in [0.717, 1.165) is 43.8 Å². The van der Waals surface area contributed by atoms with Gasteiger partial charge in [-0.05, 0) is 37.3 Å². The number of likely N-dealkylation sites (tertiary alicyclic amines) is 1. The highest BCUT2D eigenvalue weighted by molar-refractivity contribution is 14.0. The average molecular weight is 445 g/mol. The summed E-state index contributed by atoms with van der Waals surface area (Å²) >= 11 is 0. The van der Waals surface area contributed by atoms with Crippen LogP contribution in [-0.2, 0) is 0 Å². The molecular formula is C19H32IN3O. The summed E-state index contributed by atoms with van der Waals surface area (Å²) in [4.78, 5) is 7.31. The predicted octanol–water partition coefficient (Wildman–Crippen LogP) is 4.11. The second kappa shape index (κ2) is 10.8. The van der Waals surface area contributed by atoms with E-state index in [2.05, 4.69) is 43.1 Å². The van der Waals surface area contributed by atoms with Gasteiger partial charge in [0.1, 0.15) is 5.75 Å². The van der Waals surface area contributed by atoms with Gasteiger partial charge in [0, 0.05) is 32.1 Å². The second-order valence-electron chi connectivity index (χ2n) is 6.53. The molecule has 1 aliphatic rings. The molecule has 1 aromatic carbocycles. The van der Waals surface area contributed by atoms with Crippen molar-refractivity contribution in [2.45, 2.75) is 39.5 Å². The van der Waals surface area contributed by atoms with Crippen LogP contribution in [0.5, 0.6) is 5.75 Å². The van der Waals surface area contributed by atoms with E-state index in [4.69, 9.17) is 9.73 Å². The molecule has 0 aliphatic carbocycles. The molecule has 1 N–H and O–H groups in total. The summed E-state index contributed by atoms with van der Waals surface area (Å²) in [6, 6.07) is 8.23. The van der Waals surface area contributed by atoms with Crippen molar-refractivity contribution in [3.63, 3.8) is 0 Å². The van der Waals surface area contributed by atoms with Gasteiger partial charge >= 0.3 is 0 Å². The van der Waals surface area contributed by atoms with Crippen molar-refractivity contribution in [3.05, 3.63) is 29.8 Å². The van der Waals surface area contributed by atoms with Crippen molar-refractivity contribution in [1.82, 2.24) is 10.2 Å². The number of hydrogen-bond acceptors (Lipinski definition) is 2. The SMILES string of the molecule is CCNC(=NCC(C)c1ccccc1OC)N1CCCC(C)C1.I. The lowest BCUT2D eigenvalue weighted by Crippen LogP contribution is -2.46. The zero-order chi connectivity index (χ0) is 16.7. The second-order valence-corrected chi connectivity index (χ2v) is 6.53. The Morgan fingerprint density at radius 3 is 2.83 bits per heavy atom. The quantitative estimate of drug-likeness (QED) is 0.421. The first-order valence-corrected chi connectivity index (χ1v) is 8.81. The van der Waals surface area contributed by atoms with Gasteiger partial charge in [0.05, 0.1) is 7.11 Å². The third-order valence-corrected chi connectivity index (χ3v) is 4.48. The molecule has 24 heavy (non-hydrogen) atoms. The molecule has 5 heteroatoms. The van der Waals surface area contributed by atoms with Crippen LogP contribution in [0, 0.1) is 5.92 Å². The number of nitrogens with one attached hydrogen (secondary N) is 1. The molecule has 1 saturated heterocycles. The van der Waals surface area contributed by atoms with Crippen molar-refractivity contribution >= 4 is 29.9 Å². The number of aliphatic imine (C=N–C) groups is 1. The monoisotopic (exact) mass is 445 g/mol. The Balaban J connectivity index is 0.00000288. The lowest BCUT2D eigenvalue weighted by molar-refractivity contribution is 0.266. The van der Waals surface area contributed by atoms with Gasteiger partial charge in [-0.25, -0.2) is 0 Å². The fraction of sp³-hybridized carbons (Fsp3) is 0.632. The number of guanidine groups is 1. The summed E-state index contributed by atoms with van der Waals surface area (Å²) in [5.74, 6) is 3.09. The van der Waals surface area contributed by atoms with Crippen LogP contribution in [0.4, 0.5) is 0 Å². The summed E-state index contributed by atoms with van der Waals surface area (Å²) in [7, 11) is 1.73. The number of benzene rings is 1. The molecule has 0 saturated carbocycles. The van der Waals surface area contributed by atoms with Gasteiger partial charge in [0.25, 0.3) is 0 Å². The molecule has 2 atom stereocenters. The Morgan fingerprint density at radius 1 is 1.42 bits per heavy atom. The molecule has 1 aromatic rings. The molecule has 0 aromatic heterocycles. The van der Waals surface area contributed by atoms with Gasteiger partial charge in [-0.1, -0.05) is 32.0 Å². The zero-order valence-corrected chi connectivity index (χ0v) is 17.7. The summed E-state index contributed by atoms with van der Waals surface area (Å²) in [6.07, 6.45) is 2.58. The first-order valence-electron chi connectivity index (χ1n) is 8.81. The molecule has 1 heterocycles. The van der Waals surface area contributed by atoms with Gasteiger partial charge in [-0.15, -0.1) is 24.0 Å². The Labute approximate surface area is 164 Å². The van der Waals surface area contributed by atoms with E-state index in [1.54, 1.807) is 7.11 Å². The molecule has 1 fully saturated rings. The van der Waals surface area contributed by atoms with E-state index in [1.807, 2.05) is 12.1 Å². The van der Waals surface area contributed by atoms with Crippen LogP contribution >= 0.6 is 24.0 Å². The largest absolute Gasteiger partial charge is 0.496 e. The normalized spacial score (nSPS) is 19.4. The molecule has 0 radical (unpaired) electrons. The minimum absolute atomic E-state index is 0. The highest BCUT2D eigenvalue weighted by Crippen LogP contribution is 2.26. The lowest BCUT2D eigenvalue weighted by Gasteiger charge is -2.33. The highest BCUT2D eigenvalue weighted by atomic mass is 127. The van der Waals surface area contributed by atoms with E-state index in [-0.39, 0.29) is 24.0 Å². The smallest absolute Gasteiger partial charge is 0.193 e. The zero-order valence-electron chi connectivity index (χ0n) is 15.4. The van der Waals surface area contributed by atoms with Crippen molar-refractivity contribution in [2.75, 3.05) is 33.3 Å². The fourth-order valence-electron chi connectivity index (χ4n) is 3.20. The Hall–Kier alpha value is -0.980. The van der Waals surface area contributed by atoms with E-state index in [9.17, 15) is 0 Å². The molecule has 136 valence electrons. The number of rotatable bonds is 5. The predicted molar refractivity (Wildman–Crippen MR) is 113 cm³/mol. The fourth-order valence-corrected chi connectivity index (χ4v) is 3.20. The molecule has 4 nitrogen and oxygen atoms in total. The number of para-hydroxylation sites is 1. The summed E-state index contributed by atoms with van der Waals surface area (Å²) in [5, 5.41) is 3.45. The third kappa shape index (κ3) is 5.83. The summed E-state index contributed by atoms with van der Waals surface area (Å²) in [5.41, 5.74) is 1.22. The molecular weight excluding hydrogens is 413 g/mol. The van der Waals surface area contributed by atoms with Crippen molar-refractivity contribution in [1.29, 1.82) is 0 Å². The number of nitrogens with zero attached hydrogens (tertiary/aromatic N) is 2. The van der Waals surface area contributed by atoms with Gasteiger partial charge in [0.15, 0.2) is 5.96 Å². The number of methoxy groups -OCH3 is 1. The lowest BCUT2D eigenvalue weighted by atomic mass is 10.00. The van der Waals surface area contributed by atoms with Crippen LogP contribution in [-0.4, -0.2) is 44.1 Å². The minimum Gasteiger partial charge on any atom is -0.496 e. The first-order chi connectivity index (χ1) is 11.2. The van der Waals surface area contributed by atoms with E-state index >= 15 is 0 Å². The number of piperidine rings is 1. The van der Waals surface area contributed by atoms with Crippen molar-refractivity contribution in [2.24, 2.45) is 10.9 Å². The third-order valence-electron chi connectivity index (χ3n) is 4.48. The van der Waals surface area contributed by atoms with Gasteiger partial charge in [0.2, 0.25) is 0 Å². The van der Waals surface area contributed by atoms with E-state index in [1.165, 1.54) is 18.4 Å². The maximum Gasteiger partial charge on any atom is 0.193 e. The van der Waals surface area contributed by atoms with Gasteiger partial charge in [-0.3, -0.25) is 4.99 Å². The first kappa shape index (κ1) is 21.1. The molecule has 2 rings (SSSR count). The van der Waals surface area contributed by atoms with Crippen LogP contribution in [0.1, 0.15) is 45.1 Å². The molecule has 0 spiro atoms. The summed E-state index contributed by atoms with van der Waals surface area (Å²) in [6.45, 7) is 10.6. The number of hydrogen-bond donors (Lipinski definition) is 1. The summed E-state index contributed by atoms with van der Waals surface area (Å²) < 4.78 is 5.48. The van der Waals surface area contributed by atoms with Crippen molar-refractivity contribution < 1.29 is 4.74 Å². The molecule has 2 unspecified atom stereocenters. The Morgan fingerprint density at radius 2 is 2.17 bits per heavy atom. The maximum absolute atomic E-state index is 5.48. The van der Waals surface area contributed by atoms with E-state index in [0.29, 0.717) is 5.92 Å². The van der Waals surface area contributed by atoms with Crippen LogP contribution < -0.4 is 10.1 Å². The van der Waals surface area contributed by atoms with Crippen LogP contribution in [0.2, 0.25) is 0 Å². The average Bonchev–Trinajstić information content (AvgIpc) is 2.58. The number of ether oxygens (including phenoxy) is 1. The van der Waals surface area contributed by atoms with E-state index < -0.39 is 0 Å². The van der Waals surface area contributed by atoms with Gasteiger partial charge < -0.3 is 15.0 Å². The maximum atomic E-state index is 5.48. The van der Waals surface area contributed by atoms with Crippen molar-refractivity contribution in [3.8, 4) is 5.75 Å². The van der Waals surface area contributed by atoms with Crippen LogP contribution in [0.3, 0.4) is 0 Å². The standard InChI is InChI=1S/C19H31N3O.HI/c1-5-20-19(22-12-8-9-15(2)14-22)21-13-16(3)17-10-6-7-11-18(17)23-4;/h6-7,10-11,15-16H,5,8-9,12-14H2,1-4H3,(H,20,21);1H. The Bertz CT molecular complexity index is 521. The highest BCUT2D eigenvalue weighted by Gasteiger charge is 2.19. The molecule has 0 bridgehead atoms. The molecule has 0 amide bonds. The topological polar surface area (TPSA) is 36.9 Å². The Kier molecular flexibility index (Phi) is 9.48. The van der Waals surface area contributed by atoms with Crippen LogP contribution in [0.25, 0.3) is 0 Å². The minimum atomic E-state index is 0. The van der Waals surface area contributed by atoms with Crippen LogP contribution in [0.15, 0.2) is 29.3 Å².